The van der Waals surface area contributed by atoms with E-state index in [0.717, 1.165) is 42.9 Å². The Hall–Kier alpha value is -1.88. The molecule has 5 heteroatoms. The van der Waals surface area contributed by atoms with Crippen LogP contribution in [0.3, 0.4) is 0 Å². The number of benzene rings is 1. The Labute approximate surface area is 131 Å². The molecule has 22 heavy (non-hydrogen) atoms. The number of hydrogen-bond acceptors (Lipinski definition) is 4. The summed E-state index contributed by atoms with van der Waals surface area (Å²) in [5.74, 6) is 0.305. The molecule has 1 amide bonds. The van der Waals surface area contributed by atoms with E-state index >= 15 is 0 Å². The Morgan fingerprint density at radius 2 is 1.82 bits per heavy atom. The van der Waals surface area contributed by atoms with E-state index in [1.165, 1.54) is 0 Å². The molecule has 2 aliphatic rings. The summed E-state index contributed by atoms with van der Waals surface area (Å²) in [4.78, 5) is 14.7. The number of rotatable bonds is 2. The Morgan fingerprint density at radius 3 is 2.45 bits per heavy atom. The van der Waals surface area contributed by atoms with Crippen LogP contribution in [-0.2, 0) is 4.79 Å². The van der Waals surface area contributed by atoms with Gasteiger partial charge in [0.1, 0.15) is 0 Å². The number of nitrogens with zero attached hydrogens (tertiary/aromatic N) is 3. The normalized spacial score (nSPS) is 24.5. The molecule has 1 fully saturated rings. The molecule has 0 aromatic heterocycles. The van der Waals surface area contributed by atoms with Gasteiger partial charge in [-0.2, -0.15) is 5.10 Å². The minimum Gasteiger partial charge on any atom is -0.399 e. The fraction of sp³-hybridized carbons (Fsp3) is 0.529. The zero-order valence-electron chi connectivity index (χ0n) is 13.3. The van der Waals surface area contributed by atoms with Crippen molar-refractivity contribution in [1.82, 2.24) is 9.91 Å². The SMILES string of the molecule is CC1CC(=O)N(C2CCN(C)CC2)N=C1c1ccc(N)cc1. The molecule has 0 spiro atoms. The standard InChI is InChI=1S/C17H24N4O/c1-12-11-16(22)21(15-7-9-20(2)10-8-15)19-17(12)13-3-5-14(18)6-4-13/h3-6,12,15H,7-11,18H2,1-2H3. The summed E-state index contributed by atoms with van der Waals surface area (Å²) in [6, 6.07) is 8.00. The molecule has 118 valence electrons. The second kappa shape index (κ2) is 6.08. The number of anilines is 1. The van der Waals surface area contributed by atoms with Crippen LogP contribution in [0.1, 0.15) is 31.7 Å². The topological polar surface area (TPSA) is 61.9 Å². The highest BCUT2D eigenvalue weighted by molar-refractivity contribution is 6.05. The maximum atomic E-state index is 12.4. The van der Waals surface area contributed by atoms with Gasteiger partial charge in [-0.15, -0.1) is 0 Å². The molecule has 2 aliphatic heterocycles. The van der Waals surface area contributed by atoms with Gasteiger partial charge in [0.25, 0.3) is 0 Å². The summed E-state index contributed by atoms with van der Waals surface area (Å²) in [6.07, 6.45) is 2.53. The van der Waals surface area contributed by atoms with Gasteiger partial charge >= 0.3 is 0 Å². The number of hydrogen-bond donors (Lipinski definition) is 1. The highest BCUT2D eigenvalue weighted by Crippen LogP contribution is 2.26. The molecule has 1 saturated heterocycles. The average Bonchev–Trinajstić information content (AvgIpc) is 2.50. The van der Waals surface area contributed by atoms with Gasteiger partial charge in [0.05, 0.1) is 11.8 Å². The van der Waals surface area contributed by atoms with Crippen molar-refractivity contribution in [3.05, 3.63) is 29.8 Å². The first-order chi connectivity index (χ1) is 10.5. The van der Waals surface area contributed by atoms with Crippen LogP contribution in [0, 0.1) is 5.92 Å². The summed E-state index contributed by atoms with van der Waals surface area (Å²) in [5.41, 5.74) is 8.57. The first-order valence-electron chi connectivity index (χ1n) is 7.99. The third-order valence-corrected chi connectivity index (χ3v) is 4.66. The molecule has 1 unspecified atom stereocenters. The van der Waals surface area contributed by atoms with Crippen molar-refractivity contribution < 1.29 is 4.79 Å². The summed E-state index contributed by atoms with van der Waals surface area (Å²) >= 11 is 0. The predicted molar refractivity (Wildman–Crippen MR) is 88.5 cm³/mol. The van der Waals surface area contributed by atoms with Crippen molar-refractivity contribution in [2.24, 2.45) is 11.0 Å². The molecule has 1 aromatic carbocycles. The van der Waals surface area contributed by atoms with Crippen molar-refractivity contribution >= 4 is 17.3 Å². The second-order valence-electron chi connectivity index (χ2n) is 6.49. The Bertz CT molecular complexity index is 573. The third kappa shape index (κ3) is 2.99. The lowest BCUT2D eigenvalue weighted by Crippen LogP contribution is -2.47. The number of nitrogen functional groups attached to an aromatic ring is 1. The Balaban J connectivity index is 1.86. The molecule has 1 atom stereocenters. The Morgan fingerprint density at radius 1 is 1.18 bits per heavy atom. The molecule has 0 aliphatic carbocycles. The third-order valence-electron chi connectivity index (χ3n) is 4.66. The van der Waals surface area contributed by atoms with Gasteiger partial charge in [-0.3, -0.25) is 4.79 Å². The van der Waals surface area contributed by atoms with Crippen LogP contribution < -0.4 is 5.73 Å². The summed E-state index contributed by atoms with van der Waals surface area (Å²) in [5, 5.41) is 6.48. The first-order valence-corrected chi connectivity index (χ1v) is 7.99. The molecular weight excluding hydrogens is 276 g/mol. The van der Waals surface area contributed by atoms with Crippen molar-refractivity contribution in [3.8, 4) is 0 Å². The fourth-order valence-electron chi connectivity index (χ4n) is 3.24. The molecule has 0 radical (unpaired) electrons. The molecule has 2 N–H and O–H groups in total. The maximum Gasteiger partial charge on any atom is 0.243 e. The highest BCUT2D eigenvalue weighted by Gasteiger charge is 2.33. The molecule has 2 heterocycles. The minimum atomic E-state index is 0.152. The van der Waals surface area contributed by atoms with Crippen LogP contribution in [0.15, 0.2) is 29.4 Å². The van der Waals surface area contributed by atoms with Crippen molar-refractivity contribution in [1.29, 1.82) is 0 Å². The first kappa shape index (κ1) is 15.0. The largest absolute Gasteiger partial charge is 0.399 e. The molecule has 1 aromatic rings. The van der Waals surface area contributed by atoms with Gasteiger partial charge in [0.15, 0.2) is 0 Å². The van der Waals surface area contributed by atoms with Crippen LogP contribution >= 0.6 is 0 Å². The smallest absolute Gasteiger partial charge is 0.243 e. The van der Waals surface area contributed by atoms with E-state index in [1.54, 1.807) is 5.01 Å². The van der Waals surface area contributed by atoms with Gasteiger partial charge in [0.2, 0.25) is 5.91 Å². The van der Waals surface area contributed by atoms with Crippen LogP contribution in [0.5, 0.6) is 0 Å². The summed E-state index contributed by atoms with van der Waals surface area (Å²) in [6.45, 7) is 4.12. The zero-order chi connectivity index (χ0) is 15.7. The maximum absolute atomic E-state index is 12.4. The van der Waals surface area contributed by atoms with Crippen molar-refractivity contribution in [2.75, 3.05) is 25.9 Å². The van der Waals surface area contributed by atoms with E-state index < -0.39 is 0 Å². The quantitative estimate of drug-likeness (QED) is 0.849. The van der Waals surface area contributed by atoms with Crippen LogP contribution in [0.4, 0.5) is 5.69 Å². The van der Waals surface area contributed by atoms with E-state index in [0.29, 0.717) is 6.42 Å². The number of likely N-dealkylation sites (tertiary alicyclic amines) is 1. The van der Waals surface area contributed by atoms with Gasteiger partial charge in [-0.1, -0.05) is 19.1 Å². The lowest BCUT2D eigenvalue weighted by molar-refractivity contribution is -0.135. The number of hydrazone groups is 1. The molecule has 0 saturated carbocycles. The molecule has 0 bridgehead atoms. The van der Waals surface area contributed by atoms with Gasteiger partial charge in [-0.05, 0) is 50.7 Å². The van der Waals surface area contributed by atoms with E-state index in [9.17, 15) is 4.79 Å². The van der Waals surface area contributed by atoms with E-state index in [-0.39, 0.29) is 17.9 Å². The minimum absolute atomic E-state index is 0.152. The van der Waals surface area contributed by atoms with Gasteiger partial charge in [0, 0.05) is 18.0 Å². The van der Waals surface area contributed by atoms with Crippen molar-refractivity contribution in [3.63, 3.8) is 0 Å². The van der Waals surface area contributed by atoms with Crippen molar-refractivity contribution in [2.45, 2.75) is 32.2 Å². The molecular formula is C17H24N4O. The van der Waals surface area contributed by atoms with E-state index in [4.69, 9.17) is 10.8 Å². The van der Waals surface area contributed by atoms with Gasteiger partial charge < -0.3 is 10.6 Å². The van der Waals surface area contributed by atoms with Crippen LogP contribution in [0.2, 0.25) is 0 Å². The zero-order valence-corrected chi connectivity index (χ0v) is 13.3. The second-order valence-corrected chi connectivity index (χ2v) is 6.49. The lowest BCUT2D eigenvalue weighted by atomic mass is 9.92. The highest BCUT2D eigenvalue weighted by atomic mass is 16.2. The summed E-state index contributed by atoms with van der Waals surface area (Å²) < 4.78 is 0. The fourth-order valence-corrected chi connectivity index (χ4v) is 3.24. The van der Waals surface area contributed by atoms with Gasteiger partial charge in [-0.25, -0.2) is 5.01 Å². The average molecular weight is 300 g/mol. The van der Waals surface area contributed by atoms with E-state index in [2.05, 4.69) is 18.9 Å². The lowest BCUT2D eigenvalue weighted by Gasteiger charge is -2.37. The number of carbonyl (C=O) groups is 1. The number of nitrogens with two attached hydrogens (primary N) is 1. The number of amides is 1. The predicted octanol–water partition coefficient (Wildman–Crippen LogP) is 1.94. The summed E-state index contributed by atoms with van der Waals surface area (Å²) in [7, 11) is 2.12. The van der Waals surface area contributed by atoms with E-state index in [1.807, 2.05) is 24.3 Å². The Kier molecular flexibility index (Phi) is 4.16. The van der Waals surface area contributed by atoms with Crippen LogP contribution in [-0.4, -0.2) is 47.7 Å². The number of carbonyl (C=O) groups excluding carboxylic acids is 1. The van der Waals surface area contributed by atoms with Crippen LogP contribution in [0.25, 0.3) is 0 Å². The molecule has 3 rings (SSSR count). The monoisotopic (exact) mass is 300 g/mol. The number of piperidine rings is 1. The molecule has 5 nitrogen and oxygen atoms in total.